The quantitative estimate of drug-likeness (QED) is 0.304. The molecule has 232 valence electrons. The van der Waals surface area contributed by atoms with E-state index in [-0.39, 0.29) is 16.4 Å². The summed E-state index contributed by atoms with van der Waals surface area (Å²) in [5.74, 6) is -0.0378. The van der Waals surface area contributed by atoms with Crippen LogP contribution in [0.5, 0.6) is 0 Å². The molecule has 0 spiro atoms. The Labute approximate surface area is 260 Å². The van der Waals surface area contributed by atoms with Crippen LogP contribution >= 0.6 is 0 Å². The van der Waals surface area contributed by atoms with Crippen LogP contribution in [0.4, 0.5) is 21.6 Å². The number of benzene rings is 2. The average molecular weight is 609 g/mol. The SMILES string of the molecule is Cc1c(-c2cc(Nc3ccc(N4CCN(C)CC4)cn3)c(=O)n(C)n2)cccc1-n1ncc2cc(C(C)(C)C)cc(F)c2c1=O. The van der Waals surface area contributed by atoms with Gasteiger partial charge in [0.15, 0.2) is 0 Å². The zero-order valence-electron chi connectivity index (χ0n) is 26.4. The number of likely N-dealkylation sites (N-methyl/N-ethyl adjacent to an activating group) is 1. The third-order valence-electron chi connectivity index (χ3n) is 8.46. The van der Waals surface area contributed by atoms with Crippen molar-refractivity contribution in [3.63, 3.8) is 0 Å². The van der Waals surface area contributed by atoms with E-state index in [0.717, 1.165) is 37.4 Å². The lowest BCUT2D eigenvalue weighted by molar-refractivity contribution is 0.313. The normalized spacial score (nSPS) is 14.2. The summed E-state index contributed by atoms with van der Waals surface area (Å²) < 4.78 is 17.8. The topological polar surface area (TPSA) is 101 Å². The van der Waals surface area contributed by atoms with Gasteiger partial charge in [0.05, 0.1) is 34.8 Å². The van der Waals surface area contributed by atoms with E-state index in [1.165, 1.54) is 21.6 Å². The minimum atomic E-state index is -0.576. The third kappa shape index (κ3) is 5.83. The molecule has 0 atom stereocenters. The number of halogens is 1. The lowest BCUT2D eigenvalue weighted by atomic mass is 9.86. The van der Waals surface area contributed by atoms with Crippen LogP contribution in [-0.2, 0) is 12.5 Å². The fourth-order valence-corrected chi connectivity index (χ4v) is 5.65. The van der Waals surface area contributed by atoms with Gasteiger partial charge in [-0.05, 0) is 66.9 Å². The van der Waals surface area contributed by atoms with Crippen LogP contribution < -0.4 is 21.3 Å². The van der Waals surface area contributed by atoms with Crippen LogP contribution in [0.1, 0.15) is 31.9 Å². The Balaban J connectivity index is 1.34. The van der Waals surface area contributed by atoms with Gasteiger partial charge in [0.1, 0.15) is 17.3 Å². The zero-order valence-corrected chi connectivity index (χ0v) is 26.4. The molecule has 2 aromatic carbocycles. The van der Waals surface area contributed by atoms with Crippen molar-refractivity contribution < 1.29 is 4.39 Å². The molecule has 5 aromatic rings. The Morgan fingerprint density at radius 3 is 2.36 bits per heavy atom. The molecule has 0 amide bonds. The molecule has 1 N–H and O–H groups in total. The number of piperazine rings is 1. The first kappa shape index (κ1) is 30.1. The highest BCUT2D eigenvalue weighted by Crippen LogP contribution is 2.29. The molecular weight excluding hydrogens is 571 g/mol. The van der Waals surface area contributed by atoms with Crippen LogP contribution in [0.3, 0.4) is 0 Å². The molecule has 1 aliphatic rings. The summed E-state index contributed by atoms with van der Waals surface area (Å²) >= 11 is 0. The predicted octanol–water partition coefficient (Wildman–Crippen LogP) is 4.78. The summed E-state index contributed by atoms with van der Waals surface area (Å²) in [4.78, 5) is 35.8. The summed E-state index contributed by atoms with van der Waals surface area (Å²) in [6, 6.07) is 14.2. The number of hydrogen-bond acceptors (Lipinski definition) is 8. The van der Waals surface area contributed by atoms with Gasteiger partial charge in [-0.2, -0.15) is 14.9 Å². The lowest BCUT2D eigenvalue weighted by Crippen LogP contribution is -2.44. The lowest BCUT2D eigenvalue weighted by Gasteiger charge is -2.33. The molecule has 0 unspecified atom stereocenters. The van der Waals surface area contributed by atoms with E-state index in [1.54, 1.807) is 25.2 Å². The van der Waals surface area contributed by atoms with Crippen LogP contribution in [0.25, 0.3) is 27.7 Å². The number of pyridine rings is 1. The van der Waals surface area contributed by atoms with Gasteiger partial charge in [-0.3, -0.25) is 9.59 Å². The van der Waals surface area contributed by atoms with Gasteiger partial charge in [-0.15, -0.1) is 0 Å². The van der Waals surface area contributed by atoms with Gasteiger partial charge in [-0.1, -0.05) is 32.9 Å². The average Bonchev–Trinajstić information content (AvgIpc) is 3.00. The molecule has 1 saturated heterocycles. The van der Waals surface area contributed by atoms with E-state index in [1.807, 2.05) is 58.2 Å². The Kier molecular flexibility index (Phi) is 7.74. The second-order valence-electron chi connectivity index (χ2n) is 12.7. The number of fused-ring (bicyclic) bond motifs is 1. The zero-order chi connectivity index (χ0) is 32.0. The molecule has 6 rings (SSSR count). The number of aryl methyl sites for hydroxylation is 1. The van der Waals surface area contributed by atoms with Crippen molar-refractivity contribution in [2.45, 2.75) is 33.1 Å². The highest BCUT2D eigenvalue weighted by atomic mass is 19.1. The summed E-state index contributed by atoms with van der Waals surface area (Å²) in [6.45, 7) is 11.7. The molecule has 0 bridgehead atoms. The smallest absolute Gasteiger partial charge is 0.290 e. The summed E-state index contributed by atoms with van der Waals surface area (Å²) in [5.41, 5.74) is 3.40. The van der Waals surface area contributed by atoms with Crippen molar-refractivity contribution in [2.24, 2.45) is 7.05 Å². The van der Waals surface area contributed by atoms with Crippen molar-refractivity contribution in [1.29, 1.82) is 0 Å². The monoisotopic (exact) mass is 608 g/mol. The van der Waals surface area contributed by atoms with Crippen LogP contribution in [0.15, 0.2) is 70.5 Å². The Bertz CT molecular complexity index is 2020. The van der Waals surface area contributed by atoms with E-state index >= 15 is 4.39 Å². The van der Waals surface area contributed by atoms with E-state index < -0.39 is 11.4 Å². The van der Waals surface area contributed by atoms with E-state index in [2.05, 4.69) is 37.3 Å². The van der Waals surface area contributed by atoms with Gasteiger partial charge < -0.3 is 15.1 Å². The number of nitrogens with zero attached hydrogens (tertiary/aromatic N) is 7. The Morgan fingerprint density at radius 1 is 0.911 bits per heavy atom. The van der Waals surface area contributed by atoms with Crippen molar-refractivity contribution in [3.8, 4) is 16.9 Å². The second-order valence-corrected chi connectivity index (χ2v) is 12.7. The first-order valence-electron chi connectivity index (χ1n) is 15.0. The maximum absolute atomic E-state index is 15.3. The van der Waals surface area contributed by atoms with Gasteiger partial charge >= 0.3 is 0 Å². The standard InChI is InChI=1S/C34H37FN8O2/c1-21-25(8-7-9-29(21)43-33(45)31-22(19-37-43)16-23(17-26(31)35)34(2,3)4)27-18-28(32(44)41(6)39-27)38-30-11-10-24(20-36-30)42-14-12-40(5)13-15-42/h7-11,16-20H,12-15H2,1-6H3,(H,36,38). The number of aromatic nitrogens is 5. The molecule has 11 heteroatoms. The van der Waals surface area contributed by atoms with Crippen LogP contribution in [0.2, 0.25) is 0 Å². The van der Waals surface area contributed by atoms with Crippen molar-refractivity contribution >= 4 is 28.0 Å². The molecule has 0 aliphatic carbocycles. The number of hydrogen-bond donors (Lipinski definition) is 1. The maximum Gasteiger partial charge on any atom is 0.290 e. The van der Waals surface area contributed by atoms with Crippen molar-refractivity contribution in [2.75, 3.05) is 43.4 Å². The molecule has 1 fully saturated rings. The van der Waals surface area contributed by atoms with Crippen LogP contribution in [-0.4, -0.2) is 62.7 Å². The molecular formula is C34H37FN8O2. The Hall–Kier alpha value is -4.90. The highest BCUT2D eigenvalue weighted by molar-refractivity contribution is 5.83. The van der Waals surface area contributed by atoms with Crippen LogP contribution in [0, 0.1) is 12.7 Å². The minimum Gasteiger partial charge on any atom is -0.368 e. The molecule has 3 aromatic heterocycles. The third-order valence-corrected chi connectivity index (χ3v) is 8.46. The first-order chi connectivity index (χ1) is 21.4. The molecule has 4 heterocycles. The molecule has 0 radical (unpaired) electrons. The summed E-state index contributed by atoms with van der Waals surface area (Å²) in [5, 5.41) is 12.5. The fourth-order valence-electron chi connectivity index (χ4n) is 5.65. The second kappa shape index (κ2) is 11.6. The highest BCUT2D eigenvalue weighted by Gasteiger charge is 2.21. The summed E-state index contributed by atoms with van der Waals surface area (Å²) in [7, 11) is 3.71. The Morgan fingerprint density at radius 2 is 1.67 bits per heavy atom. The largest absolute Gasteiger partial charge is 0.368 e. The van der Waals surface area contributed by atoms with E-state index in [4.69, 9.17) is 0 Å². The molecule has 0 saturated carbocycles. The number of rotatable bonds is 5. The van der Waals surface area contributed by atoms with Crippen molar-refractivity contribution in [1.82, 2.24) is 29.4 Å². The van der Waals surface area contributed by atoms with Gasteiger partial charge in [0.2, 0.25) is 0 Å². The summed E-state index contributed by atoms with van der Waals surface area (Å²) in [6.07, 6.45) is 3.34. The van der Waals surface area contributed by atoms with Gasteiger partial charge in [0, 0.05) is 44.2 Å². The molecule has 1 aliphatic heterocycles. The van der Waals surface area contributed by atoms with Gasteiger partial charge in [0.25, 0.3) is 11.1 Å². The van der Waals surface area contributed by atoms with Gasteiger partial charge in [-0.25, -0.2) is 14.1 Å². The first-order valence-corrected chi connectivity index (χ1v) is 15.0. The predicted molar refractivity (Wildman–Crippen MR) is 176 cm³/mol. The fraction of sp³-hybridized carbons (Fsp3) is 0.324. The molecule has 10 nitrogen and oxygen atoms in total. The molecule has 45 heavy (non-hydrogen) atoms. The number of anilines is 3. The van der Waals surface area contributed by atoms with Crippen molar-refractivity contribution in [3.05, 3.63) is 98.6 Å². The number of nitrogens with one attached hydrogen (secondary N) is 1. The minimum absolute atomic E-state index is 0.0133. The van der Waals surface area contributed by atoms with E-state index in [9.17, 15) is 9.59 Å². The maximum atomic E-state index is 15.3. The van der Waals surface area contributed by atoms with E-state index in [0.29, 0.717) is 39.4 Å².